The van der Waals surface area contributed by atoms with Gasteiger partial charge in [0.15, 0.2) is 0 Å². The molecule has 0 amide bonds. The van der Waals surface area contributed by atoms with Gasteiger partial charge in [0.2, 0.25) is 0 Å². The van der Waals surface area contributed by atoms with Crippen molar-refractivity contribution in [1.82, 2.24) is 4.90 Å². The molecular formula is C35H51NOSi. The Balaban J connectivity index is 1.47. The summed E-state index contributed by atoms with van der Waals surface area (Å²) in [6.45, 7) is 10.4. The molecule has 1 saturated heterocycles. The number of nitrogens with zero attached hydrogens (tertiary/aromatic N) is 1. The quantitative estimate of drug-likeness (QED) is 0.227. The van der Waals surface area contributed by atoms with Crippen LogP contribution in [-0.2, 0) is 4.43 Å². The Morgan fingerprint density at radius 2 is 1.55 bits per heavy atom. The number of allylic oxidation sites excluding steroid dienone is 2. The molecule has 206 valence electrons. The van der Waals surface area contributed by atoms with Crippen LogP contribution in [0.15, 0.2) is 72.4 Å². The van der Waals surface area contributed by atoms with Crippen LogP contribution in [0, 0.1) is 5.92 Å². The first-order valence-corrected chi connectivity index (χ1v) is 17.6. The Labute approximate surface area is 234 Å². The fraction of sp³-hybridized carbons (Fsp3) is 0.600. The van der Waals surface area contributed by atoms with Crippen molar-refractivity contribution in [3.63, 3.8) is 0 Å². The molecule has 3 atom stereocenters. The molecule has 3 aliphatic rings. The zero-order valence-corrected chi connectivity index (χ0v) is 25.6. The summed E-state index contributed by atoms with van der Waals surface area (Å²) in [7, 11) is -2.52. The molecule has 0 N–H and O–H groups in total. The summed E-state index contributed by atoms with van der Waals surface area (Å²) in [6.07, 6.45) is 18.8. The van der Waals surface area contributed by atoms with Crippen molar-refractivity contribution < 1.29 is 4.43 Å². The summed E-state index contributed by atoms with van der Waals surface area (Å²) in [4.78, 5) is 2.98. The van der Waals surface area contributed by atoms with Crippen LogP contribution in [0.4, 0.5) is 0 Å². The van der Waals surface area contributed by atoms with E-state index in [0.29, 0.717) is 11.6 Å². The molecule has 0 aromatic heterocycles. The Kier molecular flexibility index (Phi) is 8.55. The second kappa shape index (κ2) is 11.7. The van der Waals surface area contributed by atoms with Crippen LogP contribution < -0.4 is 10.4 Å². The molecule has 2 aromatic carbocycles. The topological polar surface area (TPSA) is 12.5 Å². The van der Waals surface area contributed by atoms with E-state index in [4.69, 9.17) is 4.43 Å². The van der Waals surface area contributed by atoms with Gasteiger partial charge in [-0.25, -0.2) is 0 Å². The maximum Gasteiger partial charge on any atom is 0.261 e. The summed E-state index contributed by atoms with van der Waals surface area (Å²) < 4.78 is 7.54. The first-order valence-electron chi connectivity index (χ1n) is 15.7. The molecule has 0 bridgehead atoms. The molecule has 0 unspecified atom stereocenters. The summed E-state index contributed by atoms with van der Waals surface area (Å²) in [6, 6.07) is 22.9. The summed E-state index contributed by atoms with van der Waals surface area (Å²) >= 11 is 0. The first kappa shape index (κ1) is 27.7. The van der Waals surface area contributed by atoms with Crippen LogP contribution in [0.25, 0.3) is 0 Å². The maximum absolute atomic E-state index is 7.54. The fourth-order valence-corrected chi connectivity index (χ4v) is 12.9. The van der Waals surface area contributed by atoms with Gasteiger partial charge in [-0.15, -0.1) is 0 Å². The van der Waals surface area contributed by atoms with Crippen molar-refractivity contribution >= 4 is 18.7 Å². The second-order valence-corrected chi connectivity index (χ2v) is 17.6. The van der Waals surface area contributed by atoms with Crippen molar-refractivity contribution in [3.05, 3.63) is 72.4 Å². The van der Waals surface area contributed by atoms with Gasteiger partial charge in [-0.3, -0.25) is 0 Å². The van der Waals surface area contributed by atoms with E-state index >= 15 is 0 Å². The number of hydrogen-bond acceptors (Lipinski definition) is 2. The van der Waals surface area contributed by atoms with Gasteiger partial charge in [0.25, 0.3) is 8.32 Å². The van der Waals surface area contributed by atoms with Gasteiger partial charge in [0, 0.05) is 11.2 Å². The van der Waals surface area contributed by atoms with Crippen LogP contribution in [-0.4, -0.2) is 31.4 Å². The van der Waals surface area contributed by atoms with Crippen LogP contribution in [0.3, 0.4) is 0 Å². The lowest BCUT2D eigenvalue weighted by atomic mass is 9.68. The predicted octanol–water partition coefficient (Wildman–Crippen LogP) is 8.21. The molecule has 2 aromatic rings. The fourth-order valence-electron chi connectivity index (χ4n) is 8.30. The first-order chi connectivity index (χ1) is 18.4. The van der Waals surface area contributed by atoms with Crippen molar-refractivity contribution in [2.45, 2.75) is 121 Å². The maximum atomic E-state index is 7.54. The minimum Gasteiger partial charge on any atom is -0.405 e. The largest absolute Gasteiger partial charge is 0.405 e. The number of unbranched alkanes of at least 4 members (excludes halogenated alkanes) is 3. The zero-order chi connectivity index (χ0) is 26.6. The third-order valence-corrected chi connectivity index (χ3v) is 15.1. The van der Waals surface area contributed by atoms with E-state index in [1.807, 2.05) is 0 Å². The van der Waals surface area contributed by atoms with Gasteiger partial charge in [-0.2, -0.15) is 0 Å². The highest BCUT2D eigenvalue weighted by Gasteiger charge is 2.55. The van der Waals surface area contributed by atoms with Gasteiger partial charge in [0.05, 0.1) is 12.6 Å². The number of hydrogen-bond donors (Lipinski definition) is 0. The van der Waals surface area contributed by atoms with E-state index in [-0.39, 0.29) is 5.04 Å². The Morgan fingerprint density at radius 1 is 0.868 bits per heavy atom. The van der Waals surface area contributed by atoms with Gasteiger partial charge in [-0.05, 0) is 66.3 Å². The van der Waals surface area contributed by atoms with E-state index in [1.54, 1.807) is 5.70 Å². The monoisotopic (exact) mass is 529 g/mol. The Bertz CT molecular complexity index is 1020. The Hall–Kier alpha value is -1.84. The SMILES string of the molecule is CCCCCCC1=CC[C@@H]2CCCC[C@]23CC[C@@H](CO[Si](c2ccccc2)(c2ccccc2)C(C)(C)C)N13. The normalized spacial score (nSPS) is 25.6. The molecule has 0 radical (unpaired) electrons. The standard InChI is InChI=1S/C35H51NOSi/c1-5-6-7-10-18-30-24-23-29-17-15-16-26-35(29)27-25-31(36(30)35)28-37-38(34(2,3)4,32-19-11-8-12-20-32)33-21-13-9-14-22-33/h8-9,11-14,19-22,24,29,31H,5-7,10,15-18,23,25-28H2,1-4H3/t29-,31-,35-/m0/s1. The molecule has 2 fully saturated rings. The van der Waals surface area contributed by atoms with Gasteiger partial charge in [-0.1, -0.05) is 127 Å². The highest BCUT2D eigenvalue weighted by Crippen LogP contribution is 2.54. The molecule has 2 nitrogen and oxygen atoms in total. The zero-order valence-electron chi connectivity index (χ0n) is 24.6. The minimum atomic E-state index is -2.52. The lowest BCUT2D eigenvalue weighted by Gasteiger charge is -2.54. The number of benzene rings is 2. The van der Waals surface area contributed by atoms with Crippen molar-refractivity contribution in [2.75, 3.05) is 6.61 Å². The van der Waals surface area contributed by atoms with E-state index < -0.39 is 8.32 Å². The van der Waals surface area contributed by atoms with Gasteiger partial charge < -0.3 is 9.33 Å². The van der Waals surface area contributed by atoms with Gasteiger partial charge in [0.1, 0.15) is 0 Å². The van der Waals surface area contributed by atoms with Crippen LogP contribution in [0.2, 0.25) is 5.04 Å². The lowest BCUT2D eigenvalue weighted by Crippen LogP contribution is -2.67. The molecule has 38 heavy (non-hydrogen) atoms. The third-order valence-electron chi connectivity index (χ3n) is 10.1. The molecule has 2 heterocycles. The second-order valence-electron chi connectivity index (χ2n) is 13.3. The molecule has 1 aliphatic carbocycles. The molecule has 1 spiro atoms. The summed E-state index contributed by atoms with van der Waals surface area (Å²) in [5.41, 5.74) is 2.06. The lowest BCUT2D eigenvalue weighted by molar-refractivity contribution is 0.0146. The minimum absolute atomic E-state index is 0.0279. The van der Waals surface area contributed by atoms with E-state index in [9.17, 15) is 0 Å². The van der Waals surface area contributed by atoms with Crippen LogP contribution in [0.5, 0.6) is 0 Å². The summed E-state index contributed by atoms with van der Waals surface area (Å²) in [5.74, 6) is 0.841. The van der Waals surface area contributed by atoms with Gasteiger partial charge >= 0.3 is 0 Å². The molecular weight excluding hydrogens is 478 g/mol. The van der Waals surface area contributed by atoms with Crippen molar-refractivity contribution in [2.24, 2.45) is 5.92 Å². The molecule has 3 heteroatoms. The van der Waals surface area contributed by atoms with Crippen molar-refractivity contribution in [3.8, 4) is 0 Å². The molecule has 2 aliphatic heterocycles. The highest BCUT2D eigenvalue weighted by molar-refractivity contribution is 6.99. The number of rotatable bonds is 10. The van der Waals surface area contributed by atoms with Crippen molar-refractivity contribution in [1.29, 1.82) is 0 Å². The predicted molar refractivity (Wildman–Crippen MR) is 165 cm³/mol. The third kappa shape index (κ3) is 5.06. The molecule has 5 rings (SSSR count). The highest BCUT2D eigenvalue weighted by atomic mass is 28.4. The smallest absolute Gasteiger partial charge is 0.261 e. The Morgan fingerprint density at radius 3 is 2.18 bits per heavy atom. The van der Waals surface area contributed by atoms with E-state index in [0.717, 1.165) is 12.5 Å². The van der Waals surface area contributed by atoms with E-state index in [1.165, 1.54) is 87.4 Å². The van der Waals surface area contributed by atoms with E-state index in [2.05, 4.69) is 99.3 Å². The summed E-state index contributed by atoms with van der Waals surface area (Å²) in [5, 5.41) is 2.83. The van der Waals surface area contributed by atoms with Crippen LogP contribution >= 0.6 is 0 Å². The average molecular weight is 530 g/mol. The molecule has 1 saturated carbocycles. The van der Waals surface area contributed by atoms with Crippen LogP contribution in [0.1, 0.15) is 105 Å². The average Bonchev–Trinajstić information content (AvgIpc) is 3.30.